The first kappa shape index (κ1) is 13.2. The molecule has 1 fully saturated rings. The van der Waals surface area contributed by atoms with E-state index in [9.17, 15) is 4.79 Å². The third-order valence-corrected chi connectivity index (χ3v) is 5.80. The van der Waals surface area contributed by atoms with Crippen LogP contribution in [0, 0.1) is 5.41 Å². The van der Waals surface area contributed by atoms with Crippen LogP contribution in [0.4, 0.5) is 5.69 Å². The molecule has 0 bridgehead atoms. The van der Waals surface area contributed by atoms with Crippen molar-refractivity contribution < 1.29 is 4.79 Å². The highest BCUT2D eigenvalue weighted by Crippen LogP contribution is 2.44. The molecule has 3 rings (SSSR count). The monoisotopic (exact) mass is 321 g/mol. The second-order valence-corrected chi connectivity index (χ2v) is 6.51. The molecular weight excluding hydrogens is 302 g/mol. The van der Waals surface area contributed by atoms with Crippen LogP contribution in [-0.4, -0.2) is 17.8 Å². The van der Waals surface area contributed by atoms with Gasteiger partial charge in [-0.1, -0.05) is 40.5 Å². The minimum atomic E-state index is 0.303. The van der Waals surface area contributed by atoms with E-state index >= 15 is 0 Å². The molecule has 0 saturated heterocycles. The largest absolute Gasteiger partial charge is 0.312 e. The maximum Gasteiger partial charge on any atom is 0.227 e. The van der Waals surface area contributed by atoms with Crippen molar-refractivity contribution in [1.29, 1.82) is 0 Å². The maximum atomic E-state index is 12.4. The summed E-state index contributed by atoms with van der Waals surface area (Å²) in [5.41, 5.74) is 2.79. The predicted octanol–water partition coefficient (Wildman–Crippen LogP) is 3.92. The van der Waals surface area contributed by atoms with E-state index in [0.29, 0.717) is 17.7 Å². The molecule has 3 heteroatoms. The summed E-state index contributed by atoms with van der Waals surface area (Å²) in [5, 5.41) is 1.01. The Morgan fingerprint density at radius 2 is 1.95 bits per heavy atom. The molecule has 0 spiro atoms. The Bertz CT molecular complexity index is 476. The van der Waals surface area contributed by atoms with E-state index in [4.69, 9.17) is 0 Å². The molecule has 1 aromatic rings. The topological polar surface area (TPSA) is 20.3 Å². The number of hydrogen-bond donors (Lipinski definition) is 0. The lowest BCUT2D eigenvalue weighted by atomic mass is 9.70. The molecule has 0 unspecified atom stereocenters. The molecule has 0 radical (unpaired) electrons. The summed E-state index contributed by atoms with van der Waals surface area (Å²) < 4.78 is 0. The van der Waals surface area contributed by atoms with Gasteiger partial charge in [0.1, 0.15) is 0 Å². The number of fused-ring (bicyclic) bond motifs is 1. The number of carbonyl (C=O) groups is 1. The van der Waals surface area contributed by atoms with Crippen molar-refractivity contribution in [2.45, 2.75) is 38.5 Å². The number of anilines is 1. The Hall–Kier alpha value is -0.830. The highest BCUT2D eigenvalue weighted by Gasteiger charge is 2.39. The Labute approximate surface area is 123 Å². The van der Waals surface area contributed by atoms with Gasteiger partial charge in [0.25, 0.3) is 0 Å². The molecule has 0 atom stereocenters. The van der Waals surface area contributed by atoms with Crippen molar-refractivity contribution in [2.75, 3.05) is 16.8 Å². The van der Waals surface area contributed by atoms with Crippen LogP contribution in [0.15, 0.2) is 24.3 Å². The number of alkyl halides is 1. The number of aryl methyl sites for hydroxylation is 1. The molecule has 19 heavy (non-hydrogen) atoms. The van der Waals surface area contributed by atoms with E-state index in [1.807, 2.05) is 6.07 Å². The fourth-order valence-electron chi connectivity index (χ4n) is 3.20. The normalized spacial score (nSPS) is 21.5. The molecule has 0 N–H and O–H groups in total. The van der Waals surface area contributed by atoms with Gasteiger partial charge in [0, 0.05) is 24.0 Å². The molecule has 1 amide bonds. The van der Waals surface area contributed by atoms with Gasteiger partial charge in [-0.2, -0.15) is 0 Å². The molecular formula is C16H20BrNO. The van der Waals surface area contributed by atoms with Crippen LogP contribution in [0.5, 0.6) is 0 Å². The van der Waals surface area contributed by atoms with E-state index < -0.39 is 0 Å². The fourth-order valence-corrected chi connectivity index (χ4v) is 3.94. The SMILES string of the molecule is O=C1CCCc2ccccc2N1CC1(CBr)CCC1. The molecule has 0 aromatic heterocycles. The van der Waals surface area contributed by atoms with Crippen molar-refractivity contribution >= 4 is 27.5 Å². The molecule has 1 aliphatic heterocycles. The Balaban J connectivity index is 1.91. The van der Waals surface area contributed by atoms with E-state index in [1.165, 1.54) is 24.8 Å². The molecule has 1 aromatic carbocycles. The zero-order valence-corrected chi connectivity index (χ0v) is 12.8. The van der Waals surface area contributed by atoms with Gasteiger partial charge in [0.15, 0.2) is 0 Å². The van der Waals surface area contributed by atoms with E-state index in [0.717, 1.165) is 30.4 Å². The smallest absolute Gasteiger partial charge is 0.227 e. The summed E-state index contributed by atoms with van der Waals surface area (Å²) in [7, 11) is 0. The predicted molar refractivity (Wildman–Crippen MR) is 81.8 cm³/mol. The Kier molecular flexibility index (Phi) is 3.66. The third-order valence-electron chi connectivity index (χ3n) is 4.61. The van der Waals surface area contributed by atoms with Crippen LogP contribution in [0.25, 0.3) is 0 Å². The molecule has 2 nitrogen and oxygen atoms in total. The quantitative estimate of drug-likeness (QED) is 0.773. The van der Waals surface area contributed by atoms with Crippen LogP contribution in [0.3, 0.4) is 0 Å². The van der Waals surface area contributed by atoms with Crippen molar-refractivity contribution in [3.63, 3.8) is 0 Å². The minimum Gasteiger partial charge on any atom is -0.312 e. The highest BCUT2D eigenvalue weighted by atomic mass is 79.9. The van der Waals surface area contributed by atoms with Crippen LogP contribution >= 0.6 is 15.9 Å². The summed E-state index contributed by atoms with van der Waals surface area (Å²) in [5.74, 6) is 0.303. The van der Waals surface area contributed by atoms with Gasteiger partial charge < -0.3 is 4.90 Å². The number of halogens is 1. The second kappa shape index (κ2) is 5.28. The summed E-state index contributed by atoms with van der Waals surface area (Å²) in [6, 6.07) is 8.41. The number of nitrogens with zero attached hydrogens (tertiary/aromatic N) is 1. The average molecular weight is 322 g/mol. The number of carbonyl (C=O) groups excluding carboxylic acids is 1. The van der Waals surface area contributed by atoms with Crippen LogP contribution < -0.4 is 4.90 Å². The fraction of sp³-hybridized carbons (Fsp3) is 0.562. The maximum absolute atomic E-state index is 12.4. The average Bonchev–Trinajstić information content (AvgIpc) is 2.53. The third kappa shape index (κ3) is 2.45. The summed E-state index contributed by atoms with van der Waals surface area (Å²) in [4.78, 5) is 14.5. The summed E-state index contributed by atoms with van der Waals surface area (Å²) >= 11 is 3.65. The zero-order chi connectivity index (χ0) is 13.3. The molecule has 2 aliphatic rings. The summed E-state index contributed by atoms with van der Waals surface area (Å²) in [6.07, 6.45) is 6.48. The lowest BCUT2D eigenvalue weighted by molar-refractivity contribution is -0.119. The van der Waals surface area contributed by atoms with Crippen molar-refractivity contribution in [3.05, 3.63) is 29.8 Å². The molecule has 102 valence electrons. The first-order valence-corrected chi connectivity index (χ1v) is 8.30. The standard InChI is InChI=1S/C16H20BrNO/c17-11-16(9-4-10-16)12-18-14-7-2-1-5-13(14)6-3-8-15(18)19/h1-2,5,7H,3-4,6,8-12H2. The Morgan fingerprint density at radius 3 is 2.63 bits per heavy atom. The lowest BCUT2D eigenvalue weighted by Crippen LogP contribution is -2.46. The van der Waals surface area contributed by atoms with Crippen LogP contribution in [0.1, 0.15) is 37.7 Å². The van der Waals surface area contributed by atoms with E-state index in [-0.39, 0.29) is 0 Å². The van der Waals surface area contributed by atoms with E-state index in [1.54, 1.807) is 0 Å². The van der Waals surface area contributed by atoms with E-state index in [2.05, 4.69) is 39.0 Å². The zero-order valence-electron chi connectivity index (χ0n) is 11.2. The van der Waals surface area contributed by atoms with Crippen LogP contribution in [-0.2, 0) is 11.2 Å². The van der Waals surface area contributed by atoms with Gasteiger partial charge in [0.2, 0.25) is 5.91 Å². The van der Waals surface area contributed by atoms with Gasteiger partial charge in [-0.3, -0.25) is 4.79 Å². The van der Waals surface area contributed by atoms with Gasteiger partial charge in [-0.15, -0.1) is 0 Å². The van der Waals surface area contributed by atoms with Crippen LogP contribution in [0.2, 0.25) is 0 Å². The van der Waals surface area contributed by atoms with Gasteiger partial charge >= 0.3 is 0 Å². The number of amides is 1. The first-order chi connectivity index (χ1) is 9.24. The number of benzene rings is 1. The first-order valence-electron chi connectivity index (χ1n) is 7.18. The second-order valence-electron chi connectivity index (χ2n) is 5.95. The van der Waals surface area contributed by atoms with Crippen molar-refractivity contribution in [3.8, 4) is 0 Å². The van der Waals surface area contributed by atoms with Crippen molar-refractivity contribution in [1.82, 2.24) is 0 Å². The van der Waals surface area contributed by atoms with Crippen molar-refractivity contribution in [2.24, 2.45) is 5.41 Å². The molecule has 1 heterocycles. The number of hydrogen-bond acceptors (Lipinski definition) is 1. The lowest BCUT2D eigenvalue weighted by Gasteiger charge is -2.44. The minimum absolute atomic E-state index is 0.303. The van der Waals surface area contributed by atoms with Gasteiger partial charge in [0.05, 0.1) is 0 Å². The van der Waals surface area contributed by atoms with Gasteiger partial charge in [-0.25, -0.2) is 0 Å². The Morgan fingerprint density at radius 1 is 1.16 bits per heavy atom. The highest BCUT2D eigenvalue weighted by molar-refractivity contribution is 9.09. The molecule has 1 aliphatic carbocycles. The number of para-hydroxylation sites is 1. The van der Waals surface area contributed by atoms with Gasteiger partial charge in [-0.05, 0) is 42.7 Å². The summed E-state index contributed by atoms with van der Waals surface area (Å²) in [6.45, 7) is 0.883. The molecule has 1 saturated carbocycles. The number of rotatable bonds is 3.